The first kappa shape index (κ1) is 13.9. The van der Waals surface area contributed by atoms with Crippen molar-refractivity contribution >= 4 is 23.2 Å². The molecule has 1 fully saturated rings. The van der Waals surface area contributed by atoms with Crippen LogP contribution < -0.4 is 10.5 Å². The molecule has 0 aromatic heterocycles. The van der Waals surface area contributed by atoms with Crippen molar-refractivity contribution in [3.63, 3.8) is 0 Å². The number of nitrogens with two attached hydrogens (primary N) is 1. The second-order valence-electron chi connectivity index (χ2n) is 4.31. The normalized spacial score (nSPS) is 21.0. The zero-order valence-corrected chi connectivity index (χ0v) is 11.8. The summed E-state index contributed by atoms with van der Waals surface area (Å²) in [5.74, 6) is 0.590. The fourth-order valence-electron chi connectivity index (χ4n) is 2.15. The van der Waals surface area contributed by atoms with Crippen LogP contribution in [-0.4, -0.2) is 19.3 Å². The lowest BCUT2D eigenvalue weighted by Gasteiger charge is -2.21. The summed E-state index contributed by atoms with van der Waals surface area (Å²) >= 11 is 12.4. The average molecular weight is 290 g/mol. The number of hydrogen-bond donors (Lipinski definition) is 1. The molecule has 2 N–H and O–H groups in total. The fraction of sp³-hybridized carbons (Fsp3) is 0.538. The van der Waals surface area contributed by atoms with Gasteiger partial charge in [-0.3, -0.25) is 0 Å². The average Bonchev–Trinajstić information content (AvgIpc) is 2.86. The van der Waals surface area contributed by atoms with E-state index in [0.717, 1.165) is 25.0 Å². The molecule has 0 spiro atoms. The van der Waals surface area contributed by atoms with E-state index >= 15 is 0 Å². The Bertz CT molecular complexity index is 420. The molecular formula is C13H17Cl2NO2. The smallest absolute Gasteiger partial charge is 0.139 e. The van der Waals surface area contributed by atoms with E-state index in [1.807, 2.05) is 6.92 Å². The van der Waals surface area contributed by atoms with Gasteiger partial charge in [0.05, 0.1) is 23.8 Å². The maximum atomic E-state index is 6.24. The van der Waals surface area contributed by atoms with E-state index in [1.165, 1.54) is 0 Å². The van der Waals surface area contributed by atoms with E-state index in [-0.39, 0.29) is 12.1 Å². The summed E-state index contributed by atoms with van der Waals surface area (Å²) in [5.41, 5.74) is 7.00. The monoisotopic (exact) mass is 289 g/mol. The van der Waals surface area contributed by atoms with Gasteiger partial charge in [0.1, 0.15) is 5.75 Å². The topological polar surface area (TPSA) is 44.5 Å². The molecule has 1 aliphatic rings. The molecule has 18 heavy (non-hydrogen) atoms. The molecule has 2 unspecified atom stereocenters. The van der Waals surface area contributed by atoms with Crippen molar-refractivity contribution in [1.29, 1.82) is 0 Å². The van der Waals surface area contributed by atoms with Crippen LogP contribution in [0.4, 0.5) is 0 Å². The zero-order chi connectivity index (χ0) is 13.1. The van der Waals surface area contributed by atoms with Crippen LogP contribution in [0.2, 0.25) is 10.0 Å². The Morgan fingerprint density at radius 1 is 1.44 bits per heavy atom. The van der Waals surface area contributed by atoms with Gasteiger partial charge in [0.15, 0.2) is 0 Å². The summed E-state index contributed by atoms with van der Waals surface area (Å²) in [6.45, 7) is 3.21. The molecular weight excluding hydrogens is 273 g/mol. The fourth-order valence-corrected chi connectivity index (χ4v) is 2.66. The van der Waals surface area contributed by atoms with E-state index < -0.39 is 0 Å². The summed E-state index contributed by atoms with van der Waals surface area (Å²) in [6.07, 6.45) is 2.03. The summed E-state index contributed by atoms with van der Waals surface area (Å²) in [7, 11) is 0. The lowest BCUT2D eigenvalue weighted by atomic mass is 10.00. The Morgan fingerprint density at radius 3 is 2.83 bits per heavy atom. The molecule has 5 heteroatoms. The summed E-state index contributed by atoms with van der Waals surface area (Å²) in [4.78, 5) is 0. The molecule has 1 aromatic rings. The SMILES string of the molecule is CCOc1cc(Cl)c(C(N)C2CCCO2)cc1Cl. The van der Waals surface area contributed by atoms with Gasteiger partial charge in [-0.2, -0.15) is 0 Å². The van der Waals surface area contributed by atoms with Crippen LogP contribution in [0.15, 0.2) is 12.1 Å². The molecule has 2 atom stereocenters. The molecule has 0 bridgehead atoms. The minimum Gasteiger partial charge on any atom is -0.492 e. The van der Waals surface area contributed by atoms with Crippen molar-refractivity contribution in [2.75, 3.05) is 13.2 Å². The van der Waals surface area contributed by atoms with Gasteiger partial charge in [-0.25, -0.2) is 0 Å². The summed E-state index contributed by atoms with van der Waals surface area (Å²) < 4.78 is 11.0. The highest BCUT2D eigenvalue weighted by Crippen LogP contribution is 2.36. The molecule has 100 valence electrons. The van der Waals surface area contributed by atoms with Crippen LogP contribution in [0.1, 0.15) is 31.4 Å². The van der Waals surface area contributed by atoms with E-state index in [0.29, 0.717) is 22.4 Å². The second-order valence-corrected chi connectivity index (χ2v) is 5.13. The number of ether oxygens (including phenoxy) is 2. The molecule has 1 aliphatic heterocycles. The van der Waals surface area contributed by atoms with Crippen molar-refractivity contribution in [3.8, 4) is 5.75 Å². The van der Waals surface area contributed by atoms with Crippen molar-refractivity contribution in [1.82, 2.24) is 0 Å². The predicted molar refractivity (Wildman–Crippen MR) is 73.5 cm³/mol. The van der Waals surface area contributed by atoms with Crippen molar-refractivity contribution in [2.45, 2.75) is 31.9 Å². The quantitative estimate of drug-likeness (QED) is 0.922. The molecule has 1 heterocycles. The highest BCUT2D eigenvalue weighted by atomic mass is 35.5. The van der Waals surface area contributed by atoms with Crippen LogP contribution >= 0.6 is 23.2 Å². The molecule has 1 saturated heterocycles. The Morgan fingerprint density at radius 2 is 2.22 bits per heavy atom. The van der Waals surface area contributed by atoms with E-state index in [2.05, 4.69) is 0 Å². The van der Waals surface area contributed by atoms with Crippen LogP contribution in [0.25, 0.3) is 0 Å². The van der Waals surface area contributed by atoms with Gasteiger partial charge in [0.2, 0.25) is 0 Å². The van der Waals surface area contributed by atoms with Gasteiger partial charge in [-0.1, -0.05) is 23.2 Å². The largest absolute Gasteiger partial charge is 0.492 e. The minimum absolute atomic E-state index is 0.0245. The highest BCUT2D eigenvalue weighted by molar-refractivity contribution is 6.34. The van der Waals surface area contributed by atoms with E-state index in [4.69, 9.17) is 38.4 Å². The Balaban J connectivity index is 2.24. The molecule has 0 amide bonds. The molecule has 3 nitrogen and oxygen atoms in total. The first-order valence-electron chi connectivity index (χ1n) is 6.12. The molecule has 2 rings (SSSR count). The molecule has 1 aromatic carbocycles. The van der Waals surface area contributed by atoms with Crippen molar-refractivity contribution < 1.29 is 9.47 Å². The highest BCUT2D eigenvalue weighted by Gasteiger charge is 2.26. The van der Waals surface area contributed by atoms with Crippen LogP contribution in [0.3, 0.4) is 0 Å². The van der Waals surface area contributed by atoms with Crippen molar-refractivity contribution in [3.05, 3.63) is 27.7 Å². The van der Waals surface area contributed by atoms with Gasteiger partial charge < -0.3 is 15.2 Å². The Kier molecular flexibility index (Phi) is 4.73. The third-order valence-corrected chi connectivity index (χ3v) is 3.70. The number of halogens is 2. The van der Waals surface area contributed by atoms with E-state index in [9.17, 15) is 0 Å². The third-order valence-electron chi connectivity index (χ3n) is 3.08. The standard InChI is InChI=1S/C13H17Cl2NO2/c1-2-17-12-7-9(14)8(6-10(12)15)13(16)11-4-3-5-18-11/h6-7,11,13H,2-5,16H2,1H3. The Labute approximate surface area is 117 Å². The van der Waals surface area contributed by atoms with Crippen LogP contribution in [0, 0.1) is 0 Å². The van der Waals surface area contributed by atoms with Gasteiger partial charge in [-0.05, 0) is 31.4 Å². The van der Waals surface area contributed by atoms with E-state index in [1.54, 1.807) is 12.1 Å². The number of benzene rings is 1. The van der Waals surface area contributed by atoms with Crippen molar-refractivity contribution in [2.24, 2.45) is 5.73 Å². The number of rotatable bonds is 4. The third kappa shape index (κ3) is 2.91. The van der Waals surface area contributed by atoms with Crippen LogP contribution in [0.5, 0.6) is 5.75 Å². The minimum atomic E-state index is -0.242. The Hall–Kier alpha value is -0.480. The first-order valence-corrected chi connectivity index (χ1v) is 6.88. The van der Waals surface area contributed by atoms with Gasteiger partial charge in [0.25, 0.3) is 0 Å². The number of hydrogen-bond acceptors (Lipinski definition) is 3. The predicted octanol–water partition coefficient (Wildman–Crippen LogP) is 3.57. The lowest BCUT2D eigenvalue weighted by molar-refractivity contribution is 0.0900. The maximum absolute atomic E-state index is 6.24. The first-order chi connectivity index (χ1) is 8.63. The van der Waals surface area contributed by atoms with Gasteiger partial charge in [0, 0.05) is 17.7 Å². The summed E-state index contributed by atoms with van der Waals surface area (Å²) in [5, 5.41) is 1.11. The van der Waals surface area contributed by atoms with Gasteiger partial charge in [-0.15, -0.1) is 0 Å². The summed E-state index contributed by atoms with van der Waals surface area (Å²) in [6, 6.07) is 3.26. The lowest BCUT2D eigenvalue weighted by Crippen LogP contribution is -2.25. The van der Waals surface area contributed by atoms with Crippen LogP contribution in [-0.2, 0) is 4.74 Å². The molecule has 0 aliphatic carbocycles. The molecule has 0 saturated carbocycles. The maximum Gasteiger partial charge on any atom is 0.139 e. The molecule has 0 radical (unpaired) electrons. The zero-order valence-electron chi connectivity index (χ0n) is 10.3. The second kappa shape index (κ2) is 6.11. The van der Waals surface area contributed by atoms with Gasteiger partial charge >= 0.3 is 0 Å².